The Morgan fingerprint density at radius 2 is 2.07 bits per heavy atom. The fraction of sp³-hybridized carbons (Fsp3) is 0.111. The second-order valence-corrected chi connectivity index (χ2v) is 4.88. The van der Waals surface area contributed by atoms with Gasteiger partial charge in [-0.1, -0.05) is 22.0 Å². The van der Waals surface area contributed by atoms with Crippen molar-refractivity contribution in [1.29, 1.82) is 0 Å². The molecule has 0 radical (unpaired) electrons. The second kappa shape index (κ2) is 3.40. The van der Waals surface area contributed by atoms with Crippen LogP contribution in [0, 0.1) is 6.92 Å². The van der Waals surface area contributed by atoms with Crippen LogP contribution in [0.1, 0.15) is 5.56 Å². The lowest BCUT2D eigenvalue weighted by atomic mass is 10.2. The molecule has 0 saturated carbocycles. The van der Waals surface area contributed by atoms with Crippen molar-refractivity contribution in [2.24, 2.45) is 0 Å². The Hall–Kier alpha value is -0.810. The molecule has 0 unspecified atom stereocenters. The van der Waals surface area contributed by atoms with Crippen LogP contribution in [-0.2, 0) is 10.7 Å². The van der Waals surface area contributed by atoms with Gasteiger partial charge in [0.05, 0.1) is 10.4 Å². The normalized spacial score (nSPS) is 11.4. The molecule has 74 valence electrons. The average Bonchev–Trinajstić information content (AvgIpc) is 2.55. The van der Waals surface area contributed by atoms with Crippen LogP contribution < -0.4 is 0 Å². The van der Waals surface area contributed by atoms with Gasteiger partial charge in [0.15, 0.2) is 10.7 Å². The van der Waals surface area contributed by atoms with Gasteiger partial charge in [-0.05, 0) is 18.6 Å². The van der Waals surface area contributed by atoms with E-state index in [-0.39, 0.29) is 0 Å². The van der Waals surface area contributed by atoms with E-state index in [4.69, 9.17) is 0 Å². The lowest BCUT2D eigenvalue weighted by molar-refractivity contribution is 0.615. The van der Waals surface area contributed by atoms with Crippen molar-refractivity contribution in [3.05, 3.63) is 28.4 Å². The van der Waals surface area contributed by atoms with Gasteiger partial charge in [-0.2, -0.15) is 0 Å². The predicted molar refractivity (Wildman–Crippen MR) is 59.3 cm³/mol. The number of benzene rings is 1. The Bertz CT molecular complexity index is 563. The molecule has 1 N–H and O–H groups in total. The standard InChI is InChI=1S/C9H8BrNO2S/c1-5-7(10)3-2-6-8(14(12)13)4-11-9(5)6/h2-4,11,14H,1H3. The van der Waals surface area contributed by atoms with E-state index < -0.39 is 10.7 Å². The molecule has 3 nitrogen and oxygen atoms in total. The zero-order valence-electron chi connectivity index (χ0n) is 7.37. The number of hydrogen-bond acceptors (Lipinski definition) is 2. The Morgan fingerprint density at radius 1 is 1.36 bits per heavy atom. The first-order chi connectivity index (χ1) is 6.61. The van der Waals surface area contributed by atoms with E-state index >= 15 is 0 Å². The second-order valence-electron chi connectivity index (χ2n) is 3.03. The van der Waals surface area contributed by atoms with Crippen LogP contribution in [0.3, 0.4) is 0 Å². The highest BCUT2D eigenvalue weighted by atomic mass is 79.9. The van der Waals surface area contributed by atoms with E-state index in [1.54, 1.807) is 6.07 Å². The van der Waals surface area contributed by atoms with Gasteiger partial charge in [0.1, 0.15) is 0 Å². The summed E-state index contributed by atoms with van der Waals surface area (Å²) >= 11 is 3.39. The highest BCUT2D eigenvalue weighted by Gasteiger charge is 2.08. The van der Waals surface area contributed by atoms with Gasteiger partial charge in [0.2, 0.25) is 0 Å². The number of fused-ring (bicyclic) bond motifs is 1. The van der Waals surface area contributed by atoms with Gasteiger partial charge in [-0.15, -0.1) is 0 Å². The molecule has 0 spiro atoms. The topological polar surface area (TPSA) is 49.9 Å². The van der Waals surface area contributed by atoms with Gasteiger partial charge < -0.3 is 4.98 Å². The summed E-state index contributed by atoms with van der Waals surface area (Å²) in [6.07, 6.45) is 1.52. The zero-order chi connectivity index (χ0) is 10.3. The number of halogens is 1. The van der Waals surface area contributed by atoms with Gasteiger partial charge in [0, 0.05) is 16.1 Å². The van der Waals surface area contributed by atoms with E-state index in [1.165, 1.54) is 6.20 Å². The summed E-state index contributed by atoms with van der Waals surface area (Å²) in [6.45, 7) is 1.94. The SMILES string of the molecule is Cc1c(Br)ccc2c([SH](=O)=O)c[nH]c12. The van der Waals surface area contributed by atoms with E-state index in [9.17, 15) is 8.42 Å². The number of hydrogen-bond donors (Lipinski definition) is 2. The summed E-state index contributed by atoms with van der Waals surface area (Å²) in [4.78, 5) is 3.32. The van der Waals surface area contributed by atoms with Crippen molar-refractivity contribution in [3.8, 4) is 0 Å². The Balaban J connectivity index is 2.90. The fourth-order valence-electron chi connectivity index (χ4n) is 1.46. The van der Waals surface area contributed by atoms with Gasteiger partial charge >= 0.3 is 0 Å². The van der Waals surface area contributed by atoms with Crippen molar-refractivity contribution in [2.45, 2.75) is 11.8 Å². The number of aromatic nitrogens is 1. The molecule has 5 heteroatoms. The lowest BCUT2D eigenvalue weighted by Crippen LogP contribution is -1.80. The molecule has 0 fully saturated rings. The van der Waals surface area contributed by atoms with Gasteiger partial charge in [-0.3, -0.25) is 0 Å². The third-order valence-corrected chi connectivity index (χ3v) is 3.85. The van der Waals surface area contributed by atoms with Crippen LogP contribution in [0.2, 0.25) is 0 Å². The minimum Gasteiger partial charge on any atom is -0.360 e. The number of rotatable bonds is 1. The van der Waals surface area contributed by atoms with E-state index in [2.05, 4.69) is 20.9 Å². The monoisotopic (exact) mass is 273 g/mol. The minimum absolute atomic E-state index is 0.352. The molecule has 0 atom stereocenters. The van der Waals surface area contributed by atoms with Crippen molar-refractivity contribution in [3.63, 3.8) is 0 Å². The molecule has 2 rings (SSSR count). The first-order valence-corrected chi connectivity index (χ1v) is 5.99. The number of H-pyrrole nitrogens is 1. The van der Waals surface area contributed by atoms with Crippen LogP contribution in [0.4, 0.5) is 0 Å². The molecule has 0 aliphatic rings. The van der Waals surface area contributed by atoms with E-state index in [0.717, 1.165) is 20.9 Å². The summed E-state index contributed by atoms with van der Waals surface area (Å²) in [5.41, 5.74) is 1.89. The minimum atomic E-state index is -2.53. The Labute approximate surface area is 91.2 Å². The van der Waals surface area contributed by atoms with Crippen molar-refractivity contribution in [2.75, 3.05) is 0 Å². The highest BCUT2D eigenvalue weighted by molar-refractivity contribution is 9.10. The number of nitrogens with one attached hydrogen (secondary N) is 1. The molecule has 2 aromatic rings. The van der Waals surface area contributed by atoms with Crippen LogP contribution in [0.5, 0.6) is 0 Å². The van der Waals surface area contributed by atoms with Gasteiger partial charge in [0.25, 0.3) is 0 Å². The third kappa shape index (κ3) is 1.36. The smallest absolute Gasteiger partial charge is 0.170 e. The number of aryl methyl sites for hydroxylation is 1. The van der Waals surface area contributed by atoms with Crippen LogP contribution >= 0.6 is 15.9 Å². The molecule has 0 aliphatic carbocycles. The Kier molecular flexibility index (Phi) is 2.36. The lowest BCUT2D eigenvalue weighted by Gasteiger charge is -1.99. The summed E-state index contributed by atoms with van der Waals surface area (Å²) in [7, 11) is -2.53. The van der Waals surface area contributed by atoms with Crippen LogP contribution in [0.25, 0.3) is 10.9 Å². The molecule has 0 amide bonds. The average molecular weight is 274 g/mol. The highest BCUT2D eigenvalue weighted by Crippen LogP contribution is 2.27. The molecule has 0 aliphatic heterocycles. The van der Waals surface area contributed by atoms with E-state index in [0.29, 0.717) is 4.90 Å². The molecule has 1 aromatic carbocycles. The van der Waals surface area contributed by atoms with E-state index in [1.807, 2.05) is 13.0 Å². The number of thiol groups is 1. The summed E-state index contributed by atoms with van der Waals surface area (Å²) in [5, 5.41) is 0.752. The van der Waals surface area contributed by atoms with Crippen molar-refractivity contribution < 1.29 is 8.42 Å². The molecular weight excluding hydrogens is 266 g/mol. The molecule has 1 aromatic heterocycles. The predicted octanol–water partition coefficient (Wildman–Crippen LogP) is 2.21. The maximum atomic E-state index is 10.9. The summed E-state index contributed by atoms with van der Waals surface area (Å²) < 4.78 is 22.7. The molecule has 0 saturated heterocycles. The van der Waals surface area contributed by atoms with Crippen molar-refractivity contribution in [1.82, 2.24) is 4.98 Å². The Morgan fingerprint density at radius 3 is 2.71 bits per heavy atom. The quantitative estimate of drug-likeness (QED) is 0.783. The third-order valence-electron chi connectivity index (χ3n) is 2.22. The molecule has 0 bridgehead atoms. The van der Waals surface area contributed by atoms with Crippen LogP contribution in [-0.4, -0.2) is 13.4 Å². The molecule has 14 heavy (non-hydrogen) atoms. The zero-order valence-corrected chi connectivity index (χ0v) is 9.85. The largest absolute Gasteiger partial charge is 0.360 e. The summed E-state index contributed by atoms with van der Waals surface area (Å²) in [6, 6.07) is 3.65. The number of aromatic amines is 1. The summed E-state index contributed by atoms with van der Waals surface area (Å²) in [5.74, 6) is 0. The maximum Gasteiger partial charge on any atom is 0.170 e. The first kappa shape index (κ1) is 9.73. The fourth-order valence-corrected chi connectivity index (χ4v) is 2.34. The van der Waals surface area contributed by atoms with Crippen LogP contribution in [0.15, 0.2) is 27.7 Å². The first-order valence-electron chi connectivity index (χ1n) is 4.02. The maximum absolute atomic E-state index is 10.9. The van der Waals surface area contributed by atoms with Crippen molar-refractivity contribution >= 4 is 37.5 Å². The molecular formula is C9H8BrNO2S. The van der Waals surface area contributed by atoms with Gasteiger partial charge in [-0.25, -0.2) is 8.42 Å². The molecule has 1 heterocycles.